The average molecular weight is 332 g/mol. The number of amides is 1. The Kier molecular flexibility index (Phi) is 5.47. The van der Waals surface area contributed by atoms with Gasteiger partial charge in [-0.25, -0.2) is 9.18 Å². The van der Waals surface area contributed by atoms with Gasteiger partial charge in [0.05, 0.1) is 10.0 Å². The van der Waals surface area contributed by atoms with E-state index in [-0.39, 0.29) is 16.0 Å². The Morgan fingerprint density at radius 3 is 2.58 bits per heavy atom. The number of rotatable bonds is 5. The van der Waals surface area contributed by atoms with E-state index in [1.807, 2.05) is 13.8 Å². The van der Waals surface area contributed by atoms with Crippen molar-refractivity contribution in [2.24, 2.45) is 5.92 Å². The van der Waals surface area contributed by atoms with Gasteiger partial charge in [-0.05, 0) is 40.4 Å². The first-order valence-electron chi connectivity index (χ1n) is 5.80. The van der Waals surface area contributed by atoms with Gasteiger partial charge in [-0.15, -0.1) is 0 Å². The second kappa shape index (κ2) is 6.65. The molecule has 4 nitrogen and oxygen atoms in total. The quantitative estimate of drug-likeness (QED) is 0.871. The first-order chi connectivity index (χ1) is 8.82. The molecule has 0 saturated carbocycles. The van der Waals surface area contributed by atoms with Gasteiger partial charge in [0, 0.05) is 0 Å². The Morgan fingerprint density at radius 2 is 2.05 bits per heavy atom. The van der Waals surface area contributed by atoms with Gasteiger partial charge in [0.1, 0.15) is 11.9 Å². The molecule has 0 fully saturated rings. The van der Waals surface area contributed by atoms with E-state index < -0.39 is 23.7 Å². The summed E-state index contributed by atoms with van der Waals surface area (Å²) in [7, 11) is 0. The van der Waals surface area contributed by atoms with Crippen molar-refractivity contribution in [1.82, 2.24) is 5.32 Å². The highest BCUT2D eigenvalue weighted by Crippen LogP contribution is 2.20. The van der Waals surface area contributed by atoms with E-state index in [2.05, 4.69) is 21.2 Å². The molecule has 1 unspecified atom stereocenters. The molecule has 0 aliphatic rings. The minimum absolute atomic E-state index is 0.0289. The summed E-state index contributed by atoms with van der Waals surface area (Å²) in [5.41, 5.74) is 0.0787. The zero-order valence-electron chi connectivity index (χ0n) is 10.6. The van der Waals surface area contributed by atoms with Crippen LogP contribution in [-0.2, 0) is 4.79 Å². The van der Waals surface area contributed by atoms with Gasteiger partial charge in [0.25, 0.3) is 5.91 Å². The Bertz CT molecular complexity index is 491. The second-order valence-electron chi connectivity index (χ2n) is 4.60. The molecule has 0 radical (unpaired) electrons. The molecule has 1 aromatic rings. The van der Waals surface area contributed by atoms with Gasteiger partial charge in [0.15, 0.2) is 0 Å². The number of hydrogen-bond donors (Lipinski definition) is 2. The van der Waals surface area contributed by atoms with Crippen molar-refractivity contribution in [3.63, 3.8) is 0 Å². The smallest absolute Gasteiger partial charge is 0.326 e. The summed E-state index contributed by atoms with van der Waals surface area (Å²) in [5.74, 6) is -2.16. The topological polar surface area (TPSA) is 66.4 Å². The number of benzene rings is 1. The monoisotopic (exact) mass is 331 g/mol. The Labute approximate surface area is 119 Å². The standard InChI is InChI=1S/C13H15BrFNO3/c1-7(2)6-10(13(18)19)16-12(17)8-4-3-5-9(15)11(8)14/h3-5,7,10H,6H2,1-2H3,(H,16,17)(H,18,19). The molecular weight excluding hydrogens is 317 g/mol. The number of halogens is 2. The summed E-state index contributed by atoms with van der Waals surface area (Å²) in [6.07, 6.45) is 0.314. The number of carbonyl (C=O) groups excluding carboxylic acids is 1. The largest absolute Gasteiger partial charge is 0.480 e. The molecule has 0 aliphatic carbocycles. The minimum atomic E-state index is -1.10. The molecule has 1 rings (SSSR count). The van der Waals surface area contributed by atoms with Crippen LogP contribution in [0.3, 0.4) is 0 Å². The molecule has 2 N–H and O–H groups in total. The molecule has 19 heavy (non-hydrogen) atoms. The van der Waals surface area contributed by atoms with E-state index in [1.165, 1.54) is 18.2 Å². The van der Waals surface area contributed by atoms with E-state index in [0.29, 0.717) is 6.42 Å². The van der Waals surface area contributed by atoms with Gasteiger partial charge in [-0.2, -0.15) is 0 Å². The Morgan fingerprint density at radius 1 is 1.42 bits per heavy atom. The molecule has 1 amide bonds. The Balaban J connectivity index is 2.88. The van der Waals surface area contributed by atoms with Crippen LogP contribution in [0.4, 0.5) is 4.39 Å². The van der Waals surface area contributed by atoms with Crippen LogP contribution in [0, 0.1) is 11.7 Å². The van der Waals surface area contributed by atoms with Crippen LogP contribution in [-0.4, -0.2) is 23.0 Å². The van der Waals surface area contributed by atoms with Gasteiger partial charge in [-0.3, -0.25) is 4.79 Å². The molecule has 0 aromatic heterocycles. The van der Waals surface area contributed by atoms with Crippen LogP contribution < -0.4 is 5.32 Å². The van der Waals surface area contributed by atoms with Crippen LogP contribution in [0.25, 0.3) is 0 Å². The number of hydrogen-bond acceptors (Lipinski definition) is 2. The van der Waals surface area contributed by atoms with Crippen molar-refractivity contribution in [2.75, 3.05) is 0 Å². The number of nitrogens with one attached hydrogen (secondary N) is 1. The zero-order chi connectivity index (χ0) is 14.6. The predicted molar refractivity (Wildman–Crippen MR) is 72.4 cm³/mol. The van der Waals surface area contributed by atoms with Crippen molar-refractivity contribution in [3.05, 3.63) is 34.1 Å². The van der Waals surface area contributed by atoms with E-state index in [9.17, 15) is 14.0 Å². The van der Waals surface area contributed by atoms with Crippen LogP contribution in [0.1, 0.15) is 30.6 Å². The van der Waals surface area contributed by atoms with Crippen molar-refractivity contribution in [2.45, 2.75) is 26.3 Å². The summed E-state index contributed by atoms with van der Waals surface area (Å²) in [6.45, 7) is 3.72. The highest BCUT2D eigenvalue weighted by molar-refractivity contribution is 9.10. The second-order valence-corrected chi connectivity index (χ2v) is 5.39. The molecule has 0 spiro atoms. The van der Waals surface area contributed by atoms with E-state index >= 15 is 0 Å². The van der Waals surface area contributed by atoms with Gasteiger partial charge in [0.2, 0.25) is 0 Å². The number of aliphatic carboxylic acids is 1. The van der Waals surface area contributed by atoms with Crippen LogP contribution in [0.2, 0.25) is 0 Å². The highest BCUT2D eigenvalue weighted by atomic mass is 79.9. The molecule has 0 saturated heterocycles. The molecule has 0 aliphatic heterocycles. The number of carboxylic acids is 1. The highest BCUT2D eigenvalue weighted by Gasteiger charge is 2.23. The lowest BCUT2D eigenvalue weighted by atomic mass is 10.0. The lowest BCUT2D eigenvalue weighted by molar-refractivity contribution is -0.139. The first-order valence-corrected chi connectivity index (χ1v) is 6.60. The third-order valence-corrected chi connectivity index (χ3v) is 3.31. The maximum absolute atomic E-state index is 13.3. The van der Waals surface area contributed by atoms with Crippen molar-refractivity contribution >= 4 is 27.8 Å². The predicted octanol–water partition coefficient (Wildman–Crippen LogP) is 2.82. The molecular formula is C13H15BrFNO3. The van der Waals surface area contributed by atoms with Crippen molar-refractivity contribution in [3.8, 4) is 0 Å². The third kappa shape index (κ3) is 4.31. The molecule has 0 bridgehead atoms. The first kappa shape index (κ1) is 15.6. The summed E-state index contributed by atoms with van der Waals surface area (Å²) < 4.78 is 13.3. The molecule has 1 aromatic carbocycles. The molecule has 0 heterocycles. The lowest BCUT2D eigenvalue weighted by Gasteiger charge is -2.17. The van der Waals surface area contributed by atoms with E-state index in [0.717, 1.165) is 0 Å². The fraction of sp³-hybridized carbons (Fsp3) is 0.385. The summed E-state index contributed by atoms with van der Waals surface area (Å²) in [5, 5.41) is 11.4. The van der Waals surface area contributed by atoms with E-state index in [1.54, 1.807) is 0 Å². The fourth-order valence-corrected chi connectivity index (χ4v) is 2.05. The summed E-state index contributed by atoms with van der Waals surface area (Å²) in [4.78, 5) is 23.0. The summed E-state index contributed by atoms with van der Waals surface area (Å²) >= 11 is 2.98. The fourth-order valence-electron chi connectivity index (χ4n) is 1.61. The van der Waals surface area contributed by atoms with Crippen molar-refractivity contribution < 1.29 is 19.1 Å². The molecule has 6 heteroatoms. The summed E-state index contributed by atoms with van der Waals surface area (Å²) in [6, 6.07) is 3.05. The Hall–Kier alpha value is -1.43. The minimum Gasteiger partial charge on any atom is -0.480 e. The van der Waals surface area contributed by atoms with E-state index in [4.69, 9.17) is 5.11 Å². The van der Waals surface area contributed by atoms with Crippen LogP contribution >= 0.6 is 15.9 Å². The number of carbonyl (C=O) groups is 2. The maximum atomic E-state index is 13.3. The maximum Gasteiger partial charge on any atom is 0.326 e. The normalized spacial score (nSPS) is 12.3. The molecule has 104 valence electrons. The molecule has 1 atom stereocenters. The van der Waals surface area contributed by atoms with Crippen LogP contribution in [0.5, 0.6) is 0 Å². The van der Waals surface area contributed by atoms with Gasteiger partial charge < -0.3 is 10.4 Å². The average Bonchev–Trinajstić information content (AvgIpc) is 2.31. The van der Waals surface area contributed by atoms with Gasteiger partial charge in [-0.1, -0.05) is 19.9 Å². The number of carboxylic acid groups (broad SMARTS) is 1. The zero-order valence-corrected chi connectivity index (χ0v) is 12.2. The van der Waals surface area contributed by atoms with Crippen LogP contribution in [0.15, 0.2) is 22.7 Å². The third-order valence-electron chi connectivity index (χ3n) is 2.51. The van der Waals surface area contributed by atoms with Gasteiger partial charge >= 0.3 is 5.97 Å². The SMILES string of the molecule is CC(C)CC(NC(=O)c1cccc(F)c1Br)C(=O)O. The lowest BCUT2D eigenvalue weighted by Crippen LogP contribution is -2.41. The van der Waals surface area contributed by atoms with Crippen molar-refractivity contribution in [1.29, 1.82) is 0 Å².